The maximum absolute atomic E-state index is 2.41. The van der Waals surface area contributed by atoms with Crippen molar-refractivity contribution in [3.63, 3.8) is 0 Å². The van der Waals surface area contributed by atoms with E-state index in [0.717, 1.165) is 0 Å². The second-order valence-corrected chi connectivity index (χ2v) is 9.90. The van der Waals surface area contributed by atoms with Gasteiger partial charge in [-0.05, 0) is 77.4 Å². The molecular formula is C33H27NS. The molecule has 0 fully saturated rings. The number of fused-ring (bicyclic) bond motifs is 2. The topological polar surface area (TPSA) is 4.93 Å². The lowest BCUT2D eigenvalue weighted by Gasteiger charge is -2.16. The van der Waals surface area contributed by atoms with Crippen LogP contribution in [0, 0.1) is 13.8 Å². The van der Waals surface area contributed by atoms with Crippen LogP contribution in [0.15, 0.2) is 114 Å². The smallest absolute Gasteiger partial charge is 0.0572 e. The lowest BCUT2D eigenvalue weighted by molar-refractivity contribution is 1.12. The van der Waals surface area contributed by atoms with Crippen LogP contribution in [0.4, 0.5) is 0 Å². The molecule has 0 saturated heterocycles. The molecule has 0 bridgehead atoms. The van der Waals surface area contributed by atoms with Gasteiger partial charge in [0.1, 0.15) is 0 Å². The second-order valence-electron chi connectivity index (χ2n) is 9.05. The van der Waals surface area contributed by atoms with Crippen molar-refractivity contribution in [2.75, 3.05) is 6.26 Å². The van der Waals surface area contributed by atoms with Gasteiger partial charge in [-0.3, -0.25) is 0 Å². The molecule has 0 aliphatic heterocycles. The summed E-state index contributed by atoms with van der Waals surface area (Å²) in [5.41, 5.74) is 10.1. The highest BCUT2D eigenvalue weighted by Crippen LogP contribution is 2.40. The van der Waals surface area contributed by atoms with E-state index in [-0.39, 0.29) is 0 Å². The Morgan fingerprint density at radius 1 is 0.600 bits per heavy atom. The van der Waals surface area contributed by atoms with Crippen LogP contribution in [0.5, 0.6) is 0 Å². The second kappa shape index (κ2) is 8.79. The van der Waals surface area contributed by atoms with E-state index >= 15 is 0 Å². The lowest BCUT2D eigenvalue weighted by atomic mass is 9.93. The van der Waals surface area contributed by atoms with Crippen LogP contribution < -0.4 is 0 Å². The molecule has 1 aromatic heterocycles. The number of aryl methyl sites for hydroxylation is 2. The minimum absolute atomic E-state index is 1.19. The van der Waals surface area contributed by atoms with E-state index in [2.05, 4.69) is 134 Å². The quantitative estimate of drug-likeness (QED) is 0.233. The molecule has 0 atom stereocenters. The minimum Gasteiger partial charge on any atom is -0.309 e. The summed E-state index contributed by atoms with van der Waals surface area (Å²) >= 11 is 1.81. The van der Waals surface area contributed by atoms with Crippen LogP contribution in [0.2, 0.25) is 0 Å². The molecular weight excluding hydrogens is 442 g/mol. The largest absolute Gasteiger partial charge is 0.309 e. The summed E-state index contributed by atoms with van der Waals surface area (Å²) in [5, 5.41) is 3.92. The van der Waals surface area contributed by atoms with Gasteiger partial charge < -0.3 is 4.57 Å². The van der Waals surface area contributed by atoms with Crippen LogP contribution in [-0.4, -0.2) is 10.8 Å². The van der Waals surface area contributed by atoms with Crippen molar-refractivity contribution in [3.8, 4) is 28.1 Å². The highest BCUT2D eigenvalue weighted by molar-refractivity contribution is 7.98. The van der Waals surface area contributed by atoms with Crippen molar-refractivity contribution >= 4 is 33.4 Å². The number of para-hydroxylation sites is 2. The molecule has 0 N–H and O–H groups in total. The van der Waals surface area contributed by atoms with Crippen molar-refractivity contribution in [3.05, 3.63) is 120 Å². The van der Waals surface area contributed by atoms with Crippen molar-refractivity contribution in [2.24, 2.45) is 0 Å². The first-order valence-corrected chi connectivity index (χ1v) is 13.2. The molecule has 0 amide bonds. The molecule has 0 spiro atoms. The van der Waals surface area contributed by atoms with E-state index in [9.17, 15) is 0 Å². The molecule has 5 aromatic carbocycles. The maximum atomic E-state index is 2.41. The fourth-order valence-electron chi connectivity index (χ4n) is 5.37. The van der Waals surface area contributed by atoms with E-state index in [4.69, 9.17) is 0 Å². The Balaban J connectivity index is 1.57. The van der Waals surface area contributed by atoms with E-state index in [1.807, 2.05) is 0 Å². The summed E-state index contributed by atoms with van der Waals surface area (Å²) < 4.78 is 2.41. The summed E-state index contributed by atoms with van der Waals surface area (Å²) in [6.07, 6.45) is 2.15. The van der Waals surface area contributed by atoms with E-state index in [1.54, 1.807) is 11.8 Å². The molecule has 0 unspecified atom stereocenters. The molecule has 0 saturated carbocycles. The summed E-state index contributed by atoms with van der Waals surface area (Å²) in [4.78, 5) is 1.32. The summed E-state index contributed by atoms with van der Waals surface area (Å²) in [6, 6.07) is 39.6. The lowest BCUT2D eigenvalue weighted by Crippen LogP contribution is -1.99. The molecule has 0 aliphatic carbocycles. The zero-order valence-electron chi connectivity index (χ0n) is 20.2. The zero-order valence-corrected chi connectivity index (χ0v) is 21.1. The third-order valence-corrected chi connectivity index (χ3v) is 7.83. The van der Waals surface area contributed by atoms with Crippen LogP contribution in [-0.2, 0) is 0 Å². The Morgan fingerprint density at radius 3 is 2.00 bits per heavy atom. The van der Waals surface area contributed by atoms with Crippen molar-refractivity contribution in [1.29, 1.82) is 0 Å². The van der Waals surface area contributed by atoms with E-state index < -0.39 is 0 Å². The van der Waals surface area contributed by atoms with E-state index in [0.29, 0.717) is 0 Å². The van der Waals surface area contributed by atoms with Gasteiger partial charge in [-0.2, -0.15) is 0 Å². The molecule has 2 heteroatoms. The highest BCUT2D eigenvalue weighted by atomic mass is 32.2. The molecule has 6 rings (SSSR count). The van der Waals surface area contributed by atoms with Gasteiger partial charge in [0.25, 0.3) is 0 Å². The minimum atomic E-state index is 1.19. The molecule has 1 nitrogen and oxygen atoms in total. The monoisotopic (exact) mass is 469 g/mol. The molecule has 170 valence electrons. The Hall–Kier alpha value is -3.75. The van der Waals surface area contributed by atoms with Gasteiger partial charge in [0.15, 0.2) is 0 Å². The Kier molecular flexibility index (Phi) is 5.47. The normalized spacial score (nSPS) is 11.4. The predicted octanol–water partition coefficient (Wildman–Crippen LogP) is 9.46. The van der Waals surface area contributed by atoms with Gasteiger partial charge in [-0.15, -0.1) is 11.8 Å². The number of hydrogen-bond acceptors (Lipinski definition) is 1. The molecule has 0 radical (unpaired) electrons. The average molecular weight is 470 g/mol. The molecule has 35 heavy (non-hydrogen) atoms. The molecule has 6 aromatic rings. The number of benzene rings is 5. The Labute approximate surface area is 211 Å². The maximum Gasteiger partial charge on any atom is 0.0572 e. The van der Waals surface area contributed by atoms with Gasteiger partial charge in [-0.25, -0.2) is 0 Å². The van der Waals surface area contributed by atoms with Crippen LogP contribution in [0.1, 0.15) is 11.1 Å². The Bertz CT molecular complexity index is 1690. The number of rotatable bonds is 4. The van der Waals surface area contributed by atoms with Gasteiger partial charge in [0.05, 0.1) is 11.2 Å². The third-order valence-electron chi connectivity index (χ3n) is 7.04. The van der Waals surface area contributed by atoms with Gasteiger partial charge in [0.2, 0.25) is 0 Å². The number of thioether (sulfide) groups is 1. The van der Waals surface area contributed by atoms with Crippen molar-refractivity contribution < 1.29 is 0 Å². The average Bonchev–Trinajstić information content (AvgIpc) is 3.20. The Morgan fingerprint density at radius 2 is 1.26 bits per heavy atom. The summed E-state index contributed by atoms with van der Waals surface area (Å²) in [6.45, 7) is 4.49. The van der Waals surface area contributed by atoms with Crippen LogP contribution in [0.25, 0.3) is 49.7 Å². The van der Waals surface area contributed by atoms with Gasteiger partial charge in [-0.1, -0.05) is 84.9 Å². The highest BCUT2D eigenvalue weighted by Gasteiger charge is 2.19. The zero-order chi connectivity index (χ0) is 23.9. The molecule has 1 heterocycles. The predicted molar refractivity (Wildman–Crippen MR) is 153 cm³/mol. The van der Waals surface area contributed by atoms with Crippen molar-refractivity contribution in [1.82, 2.24) is 4.57 Å². The SMILES string of the molecule is CSc1ccc(-c2ccc(-c3c(C)c4ccccc4n3-c3ccccc3)c(C)c2)c2ccccc12. The van der Waals surface area contributed by atoms with Crippen LogP contribution in [0.3, 0.4) is 0 Å². The number of nitrogens with zero attached hydrogens (tertiary/aromatic N) is 1. The van der Waals surface area contributed by atoms with E-state index in [1.165, 1.54) is 65.8 Å². The first-order valence-electron chi connectivity index (χ1n) is 12.0. The third kappa shape index (κ3) is 3.57. The number of hydrogen-bond donors (Lipinski definition) is 0. The van der Waals surface area contributed by atoms with Crippen LogP contribution >= 0.6 is 11.8 Å². The van der Waals surface area contributed by atoms with Crippen molar-refractivity contribution in [2.45, 2.75) is 18.7 Å². The summed E-state index contributed by atoms with van der Waals surface area (Å²) in [5.74, 6) is 0. The number of aromatic nitrogens is 1. The fraction of sp³-hybridized carbons (Fsp3) is 0.0909. The fourth-order valence-corrected chi connectivity index (χ4v) is 5.97. The standard InChI is InChI=1S/C33H27NS/c1-22-21-24(28-19-20-32(35-3)30-15-8-7-14-29(28)30)17-18-26(22)33-23(2)27-13-9-10-16-31(27)34(33)25-11-5-4-6-12-25/h4-21H,1-3H3. The first-order chi connectivity index (χ1) is 17.2. The van der Waals surface area contributed by atoms with Gasteiger partial charge in [0, 0.05) is 21.5 Å². The summed E-state index contributed by atoms with van der Waals surface area (Å²) in [7, 11) is 0. The van der Waals surface area contributed by atoms with Gasteiger partial charge >= 0.3 is 0 Å². The molecule has 0 aliphatic rings. The first kappa shape index (κ1) is 21.8.